The third-order valence-electron chi connectivity index (χ3n) is 7.40. The summed E-state index contributed by atoms with van der Waals surface area (Å²) >= 11 is 13.1. The largest absolute Gasteiger partial charge is 0.489 e. The Kier molecular flexibility index (Phi) is 7.46. The molecule has 0 saturated heterocycles. The van der Waals surface area contributed by atoms with E-state index in [-0.39, 0.29) is 12.3 Å². The number of hydrogen-bond acceptors (Lipinski definition) is 6. The first-order chi connectivity index (χ1) is 19.5. The van der Waals surface area contributed by atoms with Crippen molar-refractivity contribution in [3.63, 3.8) is 0 Å². The lowest BCUT2D eigenvalue weighted by Gasteiger charge is -2.12. The van der Waals surface area contributed by atoms with Gasteiger partial charge in [0.05, 0.1) is 28.2 Å². The summed E-state index contributed by atoms with van der Waals surface area (Å²) in [5.41, 5.74) is 5.27. The number of rotatable bonds is 7. The summed E-state index contributed by atoms with van der Waals surface area (Å²) in [5.74, 6) is 1.45. The van der Waals surface area contributed by atoms with Gasteiger partial charge in [-0.05, 0) is 66.4 Å². The molecule has 40 heavy (non-hydrogen) atoms. The molecule has 2 heterocycles. The minimum atomic E-state index is -0.454. The summed E-state index contributed by atoms with van der Waals surface area (Å²) in [5, 5.41) is 6.39. The molecule has 0 aliphatic heterocycles. The summed E-state index contributed by atoms with van der Waals surface area (Å²) < 4.78 is 16.9. The number of pyridine rings is 1. The Morgan fingerprint density at radius 1 is 0.950 bits per heavy atom. The fourth-order valence-electron chi connectivity index (χ4n) is 5.31. The molecule has 202 valence electrons. The number of nitrogens with zero attached hydrogens (tertiary/aromatic N) is 2. The highest BCUT2D eigenvalue weighted by Crippen LogP contribution is 2.42. The molecule has 0 N–H and O–H groups in total. The van der Waals surface area contributed by atoms with Crippen LogP contribution < -0.4 is 4.74 Å². The Labute approximate surface area is 241 Å². The van der Waals surface area contributed by atoms with Crippen LogP contribution in [0.25, 0.3) is 33.3 Å². The highest BCUT2D eigenvalue weighted by atomic mass is 35.5. The zero-order valence-electron chi connectivity index (χ0n) is 21.8. The van der Waals surface area contributed by atoms with Crippen LogP contribution in [-0.2, 0) is 11.3 Å². The predicted molar refractivity (Wildman–Crippen MR) is 156 cm³/mol. The zero-order valence-corrected chi connectivity index (χ0v) is 23.3. The van der Waals surface area contributed by atoms with Gasteiger partial charge in [0.15, 0.2) is 0 Å². The van der Waals surface area contributed by atoms with Crippen molar-refractivity contribution in [2.75, 3.05) is 7.11 Å². The van der Waals surface area contributed by atoms with Crippen LogP contribution in [0.2, 0.25) is 10.0 Å². The first kappa shape index (κ1) is 26.4. The molecule has 0 spiro atoms. The summed E-state index contributed by atoms with van der Waals surface area (Å²) in [6.07, 6.45) is 4.48. The number of ether oxygens (including phenoxy) is 2. The highest BCUT2D eigenvalue weighted by Gasteiger charge is 2.29. The van der Waals surface area contributed by atoms with E-state index in [1.165, 1.54) is 20.0 Å². The topological polar surface area (TPSA) is 74.5 Å². The highest BCUT2D eigenvalue weighted by molar-refractivity contribution is 6.39. The second kappa shape index (κ2) is 11.3. The number of aromatic nitrogens is 2. The lowest BCUT2D eigenvalue weighted by molar-refractivity contribution is 0.0594. The van der Waals surface area contributed by atoms with Gasteiger partial charge in [-0.15, -0.1) is 0 Å². The molecule has 1 saturated carbocycles. The Morgan fingerprint density at radius 3 is 2.40 bits per heavy atom. The van der Waals surface area contributed by atoms with Gasteiger partial charge in [-0.2, -0.15) is 0 Å². The second-order valence-electron chi connectivity index (χ2n) is 9.86. The standard InChI is InChI=1S/C32H26Cl2N2O4/c1-38-32(37)28-16-12-22-17-21(11-15-27(22)35-28)19-9-13-23(14-10-19)39-18-24-30(29-25(33)7-4-8-26(29)34)36-40-31(24)20-5-2-3-6-20/h4,7-17,20H,2-3,5-6,18H2,1H3. The maximum absolute atomic E-state index is 11.8. The van der Waals surface area contributed by atoms with Gasteiger partial charge in [0.1, 0.15) is 29.5 Å². The minimum Gasteiger partial charge on any atom is -0.489 e. The molecule has 0 unspecified atom stereocenters. The van der Waals surface area contributed by atoms with Crippen molar-refractivity contribution >= 4 is 40.1 Å². The quantitative estimate of drug-likeness (QED) is 0.181. The number of methoxy groups -OCH3 is 1. The molecule has 0 bridgehead atoms. The molecular weight excluding hydrogens is 547 g/mol. The molecule has 6 rings (SSSR count). The number of hydrogen-bond donors (Lipinski definition) is 0. The first-order valence-electron chi connectivity index (χ1n) is 13.2. The van der Waals surface area contributed by atoms with Crippen LogP contribution in [-0.4, -0.2) is 23.2 Å². The summed E-state index contributed by atoms with van der Waals surface area (Å²) in [7, 11) is 1.35. The Hall–Kier alpha value is -3.87. The molecule has 0 atom stereocenters. The molecule has 8 heteroatoms. The number of halogens is 2. The van der Waals surface area contributed by atoms with Crippen molar-refractivity contribution < 1.29 is 18.8 Å². The molecule has 1 aliphatic rings. The monoisotopic (exact) mass is 572 g/mol. The average Bonchev–Trinajstić information content (AvgIpc) is 3.66. The Balaban J connectivity index is 1.24. The average molecular weight is 573 g/mol. The van der Waals surface area contributed by atoms with Crippen LogP contribution in [0.4, 0.5) is 0 Å². The number of esters is 1. The van der Waals surface area contributed by atoms with Crippen LogP contribution in [0.1, 0.15) is 53.4 Å². The molecule has 0 radical (unpaired) electrons. The van der Waals surface area contributed by atoms with E-state index < -0.39 is 5.97 Å². The summed E-state index contributed by atoms with van der Waals surface area (Å²) in [6, 6.07) is 22.8. The van der Waals surface area contributed by atoms with E-state index in [2.05, 4.69) is 10.1 Å². The van der Waals surface area contributed by atoms with Gasteiger partial charge in [0.2, 0.25) is 0 Å². The van der Waals surface area contributed by atoms with Gasteiger partial charge in [-0.3, -0.25) is 0 Å². The van der Waals surface area contributed by atoms with Gasteiger partial charge in [0.25, 0.3) is 0 Å². The Bertz CT molecular complexity index is 1670. The van der Waals surface area contributed by atoms with Gasteiger partial charge in [-0.25, -0.2) is 9.78 Å². The maximum Gasteiger partial charge on any atom is 0.356 e. The third-order valence-corrected chi connectivity index (χ3v) is 8.03. The van der Waals surface area contributed by atoms with E-state index in [9.17, 15) is 4.79 Å². The molecule has 0 amide bonds. The van der Waals surface area contributed by atoms with E-state index in [0.29, 0.717) is 27.2 Å². The van der Waals surface area contributed by atoms with Gasteiger partial charge in [0, 0.05) is 16.9 Å². The van der Waals surface area contributed by atoms with E-state index in [1.807, 2.05) is 54.6 Å². The van der Waals surface area contributed by atoms with Crippen LogP contribution in [0.5, 0.6) is 5.75 Å². The molecule has 1 fully saturated rings. The van der Waals surface area contributed by atoms with E-state index in [1.54, 1.807) is 18.2 Å². The lowest BCUT2D eigenvalue weighted by atomic mass is 9.98. The molecule has 6 nitrogen and oxygen atoms in total. The lowest BCUT2D eigenvalue weighted by Crippen LogP contribution is -2.03. The van der Waals surface area contributed by atoms with Crippen LogP contribution in [0, 0.1) is 0 Å². The normalized spacial score (nSPS) is 13.6. The smallest absolute Gasteiger partial charge is 0.356 e. The molecule has 5 aromatic rings. The number of carbonyl (C=O) groups is 1. The fraction of sp³-hybridized carbons (Fsp3) is 0.219. The van der Waals surface area contributed by atoms with E-state index in [0.717, 1.165) is 51.9 Å². The number of carbonyl (C=O) groups excluding carboxylic acids is 1. The van der Waals surface area contributed by atoms with Crippen molar-refractivity contribution in [2.24, 2.45) is 0 Å². The summed E-state index contributed by atoms with van der Waals surface area (Å²) in [6.45, 7) is 0.287. The fourth-order valence-corrected chi connectivity index (χ4v) is 5.89. The van der Waals surface area contributed by atoms with Crippen LogP contribution in [0.3, 0.4) is 0 Å². The zero-order chi connectivity index (χ0) is 27.6. The van der Waals surface area contributed by atoms with E-state index in [4.69, 9.17) is 37.2 Å². The number of benzene rings is 3. The van der Waals surface area contributed by atoms with E-state index >= 15 is 0 Å². The summed E-state index contributed by atoms with van der Waals surface area (Å²) in [4.78, 5) is 16.2. The SMILES string of the molecule is COC(=O)c1ccc2cc(-c3ccc(OCc4c(-c5c(Cl)cccc5Cl)noc4C4CCCC4)cc3)ccc2n1. The van der Waals surface area contributed by atoms with Crippen molar-refractivity contribution in [1.29, 1.82) is 0 Å². The first-order valence-corrected chi connectivity index (χ1v) is 13.9. The van der Waals surface area contributed by atoms with Gasteiger partial charge >= 0.3 is 5.97 Å². The van der Waals surface area contributed by atoms with Gasteiger partial charge in [-0.1, -0.05) is 71.5 Å². The van der Waals surface area contributed by atoms with Crippen molar-refractivity contribution in [3.05, 3.63) is 99.9 Å². The van der Waals surface area contributed by atoms with Crippen LogP contribution in [0.15, 0.2) is 77.3 Å². The predicted octanol–water partition coefficient (Wildman–Crippen LogP) is 8.89. The molecule has 3 aromatic carbocycles. The van der Waals surface area contributed by atoms with Crippen molar-refractivity contribution in [1.82, 2.24) is 10.1 Å². The van der Waals surface area contributed by atoms with Crippen molar-refractivity contribution in [3.8, 4) is 28.1 Å². The number of fused-ring (bicyclic) bond motifs is 1. The van der Waals surface area contributed by atoms with Crippen molar-refractivity contribution in [2.45, 2.75) is 38.2 Å². The molecule has 1 aliphatic carbocycles. The Morgan fingerprint density at radius 2 is 1.68 bits per heavy atom. The third kappa shape index (κ3) is 5.17. The molecular formula is C32H26Cl2N2O4. The van der Waals surface area contributed by atoms with Crippen LogP contribution >= 0.6 is 23.2 Å². The molecule has 2 aromatic heterocycles. The minimum absolute atomic E-state index is 0.285. The maximum atomic E-state index is 11.8. The van der Waals surface area contributed by atoms with Gasteiger partial charge < -0.3 is 14.0 Å². The second-order valence-corrected chi connectivity index (χ2v) is 10.7.